The molecule has 2 aromatic rings. The van der Waals surface area contributed by atoms with E-state index in [2.05, 4.69) is 9.97 Å². The number of benzene rings is 1. The molecule has 0 unspecified atom stereocenters. The Morgan fingerprint density at radius 1 is 1.32 bits per heavy atom. The van der Waals surface area contributed by atoms with Crippen LogP contribution in [0.3, 0.4) is 0 Å². The Morgan fingerprint density at radius 3 is 2.86 bits per heavy atom. The summed E-state index contributed by atoms with van der Waals surface area (Å²) in [6.07, 6.45) is 4.48. The van der Waals surface area contributed by atoms with Crippen LogP contribution in [0, 0.1) is 11.2 Å². The van der Waals surface area contributed by atoms with Crippen LogP contribution in [0.2, 0.25) is 0 Å². The van der Waals surface area contributed by atoms with Gasteiger partial charge in [0.1, 0.15) is 23.2 Å². The highest BCUT2D eigenvalue weighted by molar-refractivity contribution is 6.23. The number of amidine groups is 1. The molecule has 1 aliphatic heterocycles. The first-order chi connectivity index (χ1) is 10.6. The van der Waals surface area contributed by atoms with E-state index in [1.807, 2.05) is 4.90 Å². The molecular weight excluding hydrogens is 283 g/mol. The standard InChI is InChI=1S/C16H17FN4O/c17-9-5-6-11-12(7-9)20-16(19-11)14-13(22)8-21(15(14)18)10-3-1-2-4-10/h5-7,10,18,22H,1-4,8H2,(H,19,20). The van der Waals surface area contributed by atoms with Crippen LogP contribution in [-0.2, 0) is 0 Å². The number of imidazole rings is 1. The summed E-state index contributed by atoms with van der Waals surface area (Å²) in [5.74, 6) is 0.568. The van der Waals surface area contributed by atoms with Crippen LogP contribution in [0.15, 0.2) is 24.0 Å². The highest BCUT2D eigenvalue weighted by Crippen LogP contribution is 2.33. The molecule has 0 bridgehead atoms. The van der Waals surface area contributed by atoms with Gasteiger partial charge in [0.15, 0.2) is 0 Å². The summed E-state index contributed by atoms with van der Waals surface area (Å²) in [7, 11) is 0. The molecular formula is C16H17FN4O. The van der Waals surface area contributed by atoms with Crippen LogP contribution in [0.5, 0.6) is 0 Å². The minimum atomic E-state index is -0.338. The van der Waals surface area contributed by atoms with Gasteiger partial charge in [0.25, 0.3) is 0 Å². The van der Waals surface area contributed by atoms with Crippen LogP contribution in [0.1, 0.15) is 31.5 Å². The lowest BCUT2D eigenvalue weighted by Gasteiger charge is -2.25. The molecule has 0 spiro atoms. The fraction of sp³-hybridized carbons (Fsp3) is 0.375. The summed E-state index contributed by atoms with van der Waals surface area (Å²) >= 11 is 0. The van der Waals surface area contributed by atoms with Gasteiger partial charge in [-0.3, -0.25) is 5.41 Å². The number of nitrogens with one attached hydrogen (secondary N) is 2. The van der Waals surface area contributed by atoms with Crippen molar-refractivity contribution in [3.63, 3.8) is 0 Å². The van der Waals surface area contributed by atoms with Crippen LogP contribution >= 0.6 is 0 Å². The lowest BCUT2D eigenvalue weighted by Crippen LogP contribution is -2.35. The molecule has 1 aliphatic carbocycles. The number of fused-ring (bicyclic) bond motifs is 1. The molecule has 1 aromatic carbocycles. The largest absolute Gasteiger partial charge is 0.510 e. The molecule has 0 saturated heterocycles. The maximum atomic E-state index is 13.3. The van der Waals surface area contributed by atoms with E-state index in [-0.39, 0.29) is 11.6 Å². The molecule has 2 heterocycles. The normalized spacial score (nSPS) is 19.9. The molecule has 3 N–H and O–H groups in total. The van der Waals surface area contributed by atoms with Gasteiger partial charge in [0.05, 0.1) is 23.2 Å². The molecule has 1 saturated carbocycles. The van der Waals surface area contributed by atoms with Crippen molar-refractivity contribution in [3.05, 3.63) is 35.6 Å². The van der Waals surface area contributed by atoms with Crippen LogP contribution in [0.25, 0.3) is 16.6 Å². The molecule has 6 heteroatoms. The van der Waals surface area contributed by atoms with Crippen molar-refractivity contribution in [1.82, 2.24) is 14.9 Å². The molecule has 1 aromatic heterocycles. The highest BCUT2D eigenvalue weighted by atomic mass is 19.1. The Bertz CT molecular complexity index is 789. The van der Waals surface area contributed by atoms with E-state index in [4.69, 9.17) is 5.41 Å². The first-order valence-corrected chi connectivity index (χ1v) is 7.57. The second-order valence-electron chi connectivity index (χ2n) is 5.98. The van der Waals surface area contributed by atoms with Crippen LogP contribution in [0.4, 0.5) is 4.39 Å². The number of aliphatic hydroxyl groups is 1. The van der Waals surface area contributed by atoms with Gasteiger partial charge in [0.2, 0.25) is 0 Å². The summed E-state index contributed by atoms with van der Waals surface area (Å²) in [6, 6.07) is 4.65. The number of hydrogen-bond acceptors (Lipinski definition) is 3. The highest BCUT2D eigenvalue weighted by Gasteiger charge is 2.35. The smallest absolute Gasteiger partial charge is 0.145 e. The lowest BCUT2D eigenvalue weighted by molar-refractivity contribution is 0.296. The Morgan fingerprint density at radius 2 is 2.09 bits per heavy atom. The SMILES string of the molecule is N=C1C(c2nc3ccc(F)cc3[nH]2)=C(O)CN1C1CCCC1. The summed E-state index contributed by atoms with van der Waals surface area (Å²) in [5.41, 5.74) is 1.63. The van der Waals surface area contributed by atoms with Crippen molar-refractivity contribution in [2.45, 2.75) is 31.7 Å². The van der Waals surface area contributed by atoms with Crippen molar-refractivity contribution in [3.8, 4) is 0 Å². The maximum absolute atomic E-state index is 13.3. The minimum Gasteiger partial charge on any atom is -0.510 e. The number of rotatable bonds is 2. The predicted octanol–water partition coefficient (Wildman–Crippen LogP) is 3.21. The average molecular weight is 300 g/mol. The number of hydrogen-bond donors (Lipinski definition) is 3. The Balaban J connectivity index is 1.70. The predicted molar refractivity (Wildman–Crippen MR) is 82.3 cm³/mol. The van der Waals surface area contributed by atoms with E-state index in [0.29, 0.717) is 40.9 Å². The van der Waals surface area contributed by atoms with Crippen molar-refractivity contribution >= 4 is 22.4 Å². The molecule has 114 valence electrons. The molecule has 0 atom stereocenters. The summed E-state index contributed by atoms with van der Waals surface area (Å²) in [5, 5.41) is 18.7. The third-order valence-corrected chi connectivity index (χ3v) is 4.58. The first kappa shape index (κ1) is 13.3. The lowest BCUT2D eigenvalue weighted by atomic mass is 10.2. The van der Waals surface area contributed by atoms with Crippen LogP contribution in [-0.4, -0.2) is 38.4 Å². The van der Waals surface area contributed by atoms with E-state index >= 15 is 0 Å². The number of halogens is 1. The Labute approximate surface area is 127 Å². The van der Waals surface area contributed by atoms with Crippen LogP contribution < -0.4 is 0 Å². The molecule has 5 nitrogen and oxygen atoms in total. The van der Waals surface area contributed by atoms with Gasteiger partial charge in [-0.05, 0) is 31.0 Å². The zero-order valence-electron chi connectivity index (χ0n) is 12.1. The van der Waals surface area contributed by atoms with E-state index in [1.165, 1.54) is 25.0 Å². The quantitative estimate of drug-likeness (QED) is 0.797. The third-order valence-electron chi connectivity index (χ3n) is 4.58. The summed E-state index contributed by atoms with van der Waals surface area (Å²) < 4.78 is 13.3. The van der Waals surface area contributed by atoms with Gasteiger partial charge in [-0.25, -0.2) is 9.37 Å². The van der Waals surface area contributed by atoms with Gasteiger partial charge in [-0.1, -0.05) is 12.8 Å². The summed E-state index contributed by atoms with van der Waals surface area (Å²) in [6.45, 7) is 0.365. The molecule has 2 aliphatic rings. The average Bonchev–Trinajstić information content (AvgIpc) is 3.17. The topological polar surface area (TPSA) is 76.0 Å². The third kappa shape index (κ3) is 1.98. The number of aliphatic hydroxyl groups excluding tert-OH is 1. The zero-order chi connectivity index (χ0) is 15.3. The van der Waals surface area contributed by atoms with Gasteiger partial charge < -0.3 is 15.0 Å². The molecule has 0 amide bonds. The monoisotopic (exact) mass is 300 g/mol. The summed E-state index contributed by atoms with van der Waals surface area (Å²) in [4.78, 5) is 9.35. The number of H-pyrrole nitrogens is 1. The van der Waals surface area contributed by atoms with Gasteiger partial charge in [0, 0.05) is 6.04 Å². The van der Waals surface area contributed by atoms with E-state index in [1.54, 1.807) is 6.07 Å². The first-order valence-electron chi connectivity index (χ1n) is 7.57. The second kappa shape index (κ2) is 4.83. The molecule has 0 radical (unpaired) electrons. The second-order valence-corrected chi connectivity index (χ2v) is 5.98. The number of nitrogens with zero attached hydrogens (tertiary/aromatic N) is 2. The van der Waals surface area contributed by atoms with E-state index in [9.17, 15) is 9.50 Å². The maximum Gasteiger partial charge on any atom is 0.145 e. The fourth-order valence-corrected chi connectivity index (χ4v) is 3.48. The molecule has 1 fully saturated rings. The minimum absolute atomic E-state index is 0.163. The zero-order valence-corrected chi connectivity index (χ0v) is 12.1. The van der Waals surface area contributed by atoms with Gasteiger partial charge >= 0.3 is 0 Å². The molecule has 4 rings (SSSR count). The number of aromatic nitrogens is 2. The Hall–Kier alpha value is -2.37. The van der Waals surface area contributed by atoms with E-state index < -0.39 is 0 Å². The Kier molecular flexibility index (Phi) is 2.92. The van der Waals surface area contributed by atoms with Gasteiger partial charge in [-0.2, -0.15) is 0 Å². The molecule has 22 heavy (non-hydrogen) atoms. The van der Waals surface area contributed by atoms with Crippen molar-refractivity contribution in [1.29, 1.82) is 5.41 Å². The van der Waals surface area contributed by atoms with E-state index in [0.717, 1.165) is 12.8 Å². The fourth-order valence-electron chi connectivity index (χ4n) is 3.48. The van der Waals surface area contributed by atoms with Crippen molar-refractivity contribution < 1.29 is 9.50 Å². The van der Waals surface area contributed by atoms with Gasteiger partial charge in [-0.15, -0.1) is 0 Å². The van der Waals surface area contributed by atoms with Crippen molar-refractivity contribution in [2.75, 3.05) is 6.54 Å². The number of aromatic amines is 1. The van der Waals surface area contributed by atoms with Crippen molar-refractivity contribution in [2.24, 2.45) is 0 Å².